The molecule has 0 bridgehead atoms. The van der Waals surface area contributed by atoms with Crippen LogP contribution in [0.25, 0.3) is 0 Å². The molecule has 1 aromatic carbocycles. The van der Waals surface area contributed by atoms with Crippen molar-refractivity contribution < 1.29 is 19.1 Å². The van der Waals surface area contributed by atoms with Crippen molar-refractivity contribution in [3.63, 3.8) is 0 Å². The van der Waals surface area contributed by atoms with Crippen LogP contribution in [0.5, 0.6) is 5.75 Å². The van der Waals surface area contributed by atoms with Gasteiger partial charge in [0.1, 0.15) is 17.8 Å². The zero-order valence-corrected chi connectivity index (χ0v) is 22.5. The number of rotatable bonds is 20. The number of amides is 3. The minimum Gasteiger partial charge on any atom is -0.497 e. The van der Waals surface area contributed by atoms with Gasteiger partial charge in [0.25, 0.3) is 0 Å². The molecule has 12 heteroatoms. The number of unbranched alkanes of at least 4 members (excludes halogenated alkanes) is 3. The average molecular weight is 535 g/mol. The van der Waals surface area contributed by atoms with Gasteiger partial charge in [-0.05, 0) is 82.2 Å². The smallest absolute Gasteiger partial charge is 0.243 e. The molecule has 1 aromatic rings. The molecule has 0 spiro atoms. The number of carbonyl (C=O) groups excluding carboxylic acids is 3. The van der Waals surface area contributed by atoms with Crippen LogP contribution in [0.1, 0.15) is 56.9 Å². The van der Waals surface area contributed by atoms with Crippen molar-refractivity contribution in [3.8, 4) is 5.75 Å². The summed E-state index contributed by atoms with van der Waals surface area (Å²) in [5.41, 5.74) is 22.6. The van der Waals surface area contributed by atoms with Crippen LogP contribution in [0, 0.1) is 0 Å². The van der Waals surface area contributed by atoms with Crippen LogP contribution in [-0.2, 0) is 20.8 Å². The fourth-order valence-corrected chi connectivity index (χ4v) is 3.75. The van der Waals surface area contributed by atoms with Crippen molar-refractivity contribution in [2.45, 2.75) is 69.9 Å². The quantitative estimate of drug-likeness (QED) is 0.0664. The fraction of sp³-hybridized carbons (Fsp3) is 0.615. The van der Waals surface area contributed by atoms with E-state index in [0.29, 0.717) is 70.5 Å². The first kappa shape index (κ1) is 32.6. The molecular formula is C26H46N8O4. The zero-order chi connectivity index (χ0) is 28.2. The van der Waals surface area contributed by atoms with E-state index in [1.54, 1.807) is 31.4 Å². The lowest BCUT2D eigenvalue weighted by Crippen LogP contribution is -2.54. The first-order valence-electron chi connectivity index (χ1n) is 13.3. The number of aliphatic imine (C=N–C) groups is 1. The molecule has 0 aromatic heterocycles. The highest BCUT2D eigenvalue weighted by Crippen LogP contribution is 2.12. The monoisotopic (exact) mass is 534 g/mol. The maximum Gasteiger partial charge on any atom is 0.243 e. The van der Waals surface area contributed by atoms with Crippen molar-refractivity contribution in [1.82, 2.24) is 16.0 Å². The van der Waals surface area contributed by atoms with E-state index >= 15 is 0 Å². The number of benzene rings is 1. The number of ether oxygens (including phenoxy) is 1. The van der Waals surface area contributed by atoms with Crippen LogP contribution >= 0.6 is 0 Å². The molecule has 3 amide bonds. The summed E-state index contributed by atoms with van der Waals surface area (Å²) in [6.45, 7) is 1.90. The summed E-state index contributed by atoms with van der Waals surface area (Å²) in [4.78, 5) is 42.8. The standard InChI is InChI=1S/C26H46N8O4/c1-38-20-12-10-19(11-13-20)18-23(35)33-22(9-3-5-15-28)25(37)34-21(8-2-4-14-27)24(36)31-16-6-7-17-32-26(29)30/h10-13,21-22H,2-9,14-18,27-28H2,1H3,(H,31,36)(H,33,35)(H,34,37)(H4,29,30,32)/t21-,22-/m0/s1. The lowest BCUT2D eigenvalue weighted by Gasteiger charge is -2.23. The molecular weight excluding hydrogens is 488 g/mol. The van der Waals surface area contributed by atoms with Crippen LogP contribution in [0.15, 0.2) is 29.3 Å². The molecule has 38 heavy (non-hydrogen) atoms. The second kappa shape index (κ2) is 19.7. The second-order valence-corrected chi connectivity index (χ2v) is 9.08. The molecule has 2 atom stereocenters. The van der Waals surface area contributed by atoms with Crippen LogP contribution in [0.2, 0.25) is 0 Å². The van der Waals surface area contributed by atoms with Crippen LogP contribution in [0.4, 0.5) is 0 Å². The largest absolute Gasteiger partial charge is 0.497 e. The SMILES string of the molecule is COc1ccc(CC(=O)N[C@@H](CCCCN)C(=O)N[C@@H](CCCCN)C(=O)NCCCCN=C(N)N)cc1. The Labute approximate surface area is 225 Å². The molecule has 0 saturated heterocycles. The van der Waals surface area contributed by atoms with Crippen LogP contribution in [-0.4, -0.2) is 69.1 Å². The van der Waals surface area contributed by atoms with Gasteiger partial charge in [-0.3, -0.25) is 19.4 Å². The Bertz CT molecular complexity index is 859. The van der Waals surface area contributed by atoms with E-state index in [9.17, 15) is 14.4 Å². The second-order valence-electron chi connectivity index (χ2n) is 9.08. The molecule has 0 fully saturated rings. The molecule has 0 unspecified atom stereocenters. The molecule has 0 radical (unpaired) electrons. The van der Waals surface area contributed by atoms with Gasteiger partial charge in [0.15, 0.2) is 5.96 Å². The van der Waals surface area contributed by atoms with E-state index in [-0.39, 0.29) is 24.2 Å². The fourth-order valence-electron chi connectivity index (χ4n) is 3.75. The van der Waals surface area contributed by atoms with Gasteiger partial charge in [-0.2, -0.15) is 0 Å². The highest BCUT2D eigenvalue weighted by molar-refractivity contribution is 5.92. The van der Waals surface area contributed by atoms with E-state index in [0.717, 1.165) is 18.4 Å². The van der Waals surface area contributed by atoms with Gasteiger partial charge in [0, 0.05) is 13.1 Å². The molecule has 1 rings (SSSR count). The lowest BCUT2D eigenvalue weighted by atomic mass is 10.0. The average Bonchev–Trinajstić information content (AvgIpc) is 2.89. The predicted octanol–water partition coefficient (Wildman–Crippen LogP) is -0.365. The number of guanidine groups is 1. The molecule has 0 saturated carbocycles. The number of nitrogens with zero attached hydrogens (tertiary/aromatic N) is 1. The van der Waals surface area contributed by atoms with E-state index in [1.807, 2.05) is 0 Å². The van der Waals surface area contributed by atoms with Gasteiger partial charge in [0.2, 0.25) is 17.7 Å². The minimum absolute atomic E-state index is 0.0359. The third kappa shape index (κ3) is 14.4. The first-order valence-corrected chi connectivity index (χ1v) is 13.3. The van der Waals surface area contributed by atoms with Gasteiger partial charge in [0.05, 0.1) is 13.5 Å². The molecule has 11 N–H and O–H groups in total. The van der Waals surface area contributed by atoms with Crippen molar-refractivity contribution >= 4 is 23.7 Å². The van der Waals surface area contributed by atoms with Crippen molar-refractivity contribution in [3.05, 3.63) is 29.8 Å². The Morgan fingerprint density at radius 3 is 2.00 bits per heavy atom. The topological polar surface area (TPSA) is 213 Å². The lowest BCUT2D eigenvalue weighted by molar-refractivity contribution is -0.132. The Morgan fingerprint density at radius 1 is 0.842 bits per heavy atom. The third-order valence-corrected chi connectivity index (χ3v) is 5.88. The Kier molecular flexibility index (Phi) is 16.9. The summed E-state index contributed by atoms with van der Waals surface area (Å²) >= 11 is 0. The molecule has 0 aliphatic rings. The summed E-state index contributed by atoms with van der Waals surface area (Å²) in [5, 5.41) is 8.54. The van der Waals surface area contributed by atoms with E-state index in [1.165, 1.54) is 0 Å². The Hall–Kier alpha value is -3.38. The van der Waals surface area contributed by atoms with Crippen LogP contribution < -0.4 is 43.6 Å². The number of nitrogens with one attached hydrogen (secondary N) is 3. The number of methoxy groups -OCH3 is 1. The molecule has 0 heterocycles. The van der Waals surface area contributed by atoms with Gasteiger partial charge >= 0.3 is 0 Å². The molecule has 12 nitrogen and oxygen atoms in total. The van der Waals surface area contributed by atoms with Gasteiger partial charge < -0.3 is 43.6 Å². The Balaban J connectivity index is 2.77. The van der Waals surface area contributed by atoms with Crippen molar-refractivity contribution in [2.75, 3.05) is 33.3 Å². The summed E-state index contributed by atoms with van der Waals surface area (Å²) in [6, 6.07) is 5.64. The molecule has 214 valence electrons. The van der Waals surface area contributed by atoms with E-state index < -0.39 is 18.0 Å². The zero-order valence-electron chi connectivity index (χ0n) is 22.5. The summed E-state index contributed by atoms with van der Waals surface area (Å²) in [7, 11) is 1.57. The van der Waals surface area contributed by atoms with Crippen LogP contribution in [0.3, 0.4) is 0 Å². The number of carbonyl (C=O) groups is 3. The number of nitrogens with two attached hydrogens (primary N) is 4. The Morgan fingerprint density at radius 2 is 1.45 bits per heavy atom. The van der Waals surface area contributed by atoms with Crippen molar-refractivity contribution in [2.24, 2.45) is 27.9 Å². The number of hydrogen-bond acceptors (Lipinski definition) is 7. The first-order chi connectivity index (χ1) is 18.3. The van der Waals surface area contributed by atoms with Crippen molar-refractivity contribution in [1.29, 1.82) is 0 Å². The highest BCUT2D eigenvalue weighted by Gasteiger charge is 2.26. The highest BCUT2D eigenvalue weighted by atomic mass is 16.5. The molecule has 0 aliphatic carbocycles. The maximum absolute atomic E-state index is 13.2. The number of hydrogen-bond donors (Lipinski definition) is 7. The summed E-state index contributed by atoms with van der Waals surface area (Å²) in [6.07, 6.45) is 5.18. The van der Waals surface area contributed by atoms with Gasteiger partial charge in [-0.15, -0.1) is 0 Å². The minimum atomic E-state index is -0.781. The van der Waals surface area contributed by atoms with E-state index in [2.05, 4.69) is 20.9 Å². The normalized spacial score (nSPS) is 12.2. The summed E-state index contributed by atoms with van der Waals surface area (Å²) in [5.74, 6) is -0.226. The molecule has 0 aliphatic heterocycles. The van der Waals surface area contributed by atoms with Gasteiger partial charge in [-0.1, -0.05) is 12.1 Å². The van der Waals surface area contributed by atoms with E-state index in [4.69, 9.17) is 27.7 Å². The van der Waals surface area contributed by atoms with Gasteiger partial charge in [-0.25, -0.2) is 0 Å². The summed E-state index contributed by atoms with van der Waals surface area (Å²) < 4.78 is 5.15. The maximum atomic E-state index is 13.2. The third-order valence-electron chi connectivity index (χ3n) is 5.88. The predicted molar refractivity (Wildman–Crippen MR) is 149 cm³/mol.